The van der Waals surface area contributed by atoms with Gasteiger partial charge in [0.2, 0.25) is 0 Å². The number of aromatic nitrogens is 1. The lowest BCUT2D eigenvalue weighted by atomic mass is 10.2. The van der Waals surface area contributed by atoms with E-state index in [1.165, 1.54) is 10.4 Å². The first kappa shape index (κ1) is 14.0. The maximum Gasteiger partial charge on any atom is 0.183 e. The molecule has 0 atom stereocenters. The van der Waals surface area contributed by atoms with Crippen molar-refractivity contribution in [3.8, 4) is 10.4 Å². The number of hydrogen-bond acceptors (Lipinski definition) is 5. The number of anilines is 1. The summed E-state index contributed by atoms with van der Waals surface area (Å²) in [4.78, 5) is 5.56. The summed E-state index contributed by atoms with van der Waals surface area (Å²) in [6.45, 7) is 2.65. The topological polar surface area (TPSA) is 57.2 Å². The summed E-state index contributed by atoms with van der Waals surface area (Å²) in [7, 11) is 0. The second-order valence-corrected chi connectivity index (χ2v) is 5.18. The Morgan fingerprint density at radius 3 is 2.74 bits per heavy atom. The van der Waals surface area contributed by atoms with Gasteiger partial charge in [-0.15, -0.1) is 0 Å². The van der Waals surface area contributed by atoms with Crippen molar-refractivity contribution in [2.75, 3.05) is 31.6 Å². The molecule has 0 radical (unpaired) electrons. The van der Waals surface area contributed by atoms with Gasteiger partial charge in [0.15, 0.2) is 5.13 Å². The van der Waals surface area contributed by atoms with E-state index < -0.39 is 0 Å². The van der Waals surface area contributed by atoms with Gasteiger partial charge >= 0.3 is 0 Å². The second kappa shape index (κ2) is 7.89. The molecule has 0 saturated carbocycles. The minimum Gasteiger partial charge on any atom is -0.395 e. The Morgan fingerprint density at radius 1 is 1.11 bits per heavy atom. The molecule has 0 aliphatic carbocycles. The lowest BCUT2D eigenvalue weighted by Crippen LogP contribution is -2.21. The molecule has 5 heteroatoms. The van der Waals surface area contributed by atoms with Gasteiger partial charge in [0.1, 0.15) is 0 Å². The third kappa shape index (κ3) is 4.63. The monoisotopic (exact) mass is 277 g/mol. The fourth-order valence-corrected chi connectivity index (χ4v) is 2.55. The molecule has 0 aliphatic heterocycles. The van der Waals surface area contributed by atoms with Gasteiger partial charge in [0, 0.05) is 19.3 Å². The van der Waals surface area contributed by atoms with Gasteiger partial charge in [-0.3, -0.25) is 0 Å². The molecule has 0 aliphatic rings. The van der Waals surface area contributed by atoms with Crippen molar-refractivity contribution in [2.45, 2.75) is 6.42 Å². The first-order chi connectivity index (χ1) is 9.40. The molecule has 3 N–H and O–H groups in total. The van der Waals surface area contributed by atoms with Gasteiger partial charge in [-0.2, -0.15) is 0 Å². The first-order valence-electron chi connectivity index (χ1n) is 6.47. The normalized spacial score (nSPS) is 10.6. The first-order valence-corrected chi connectivity index (χ1v) is 7.28. The summed E-state index contributed by atoms with van der Waals surface area (Å²) in [6.07, 6.45) is 2.92. The molecule has 1 aromatic heterocycles. The molecule has 2 aromatic rings. The average molecular weight is 277 g/mol. The van der Waals surface area contributed by atoms with E-state index in [4.69, 9.17) is 5.11 Å². The SMILES string of the molecule is OCCNCCCNc1ncc(-c2ccccc2)s1. The zero-order valence-corrected chi connectivity index (χ0v) is 11.6. The molecule has 2 rings (SSSR count). The van der Waals surface area contributed by atoms with E-state index in [0.29, 0.717) is 6.54 Å². The molecular formula is C14H19N3OS. The minimum absolute atomic E-state index is 0.195. The Hall–Kier alpha value is -1.43. The molecule has 0 saturated heterocycles. The van der Waals surface area contributed by atoms with Crippen LogP contribution in [0, 0.1) is 0 Å². The number of hydrogen-bond donors (Lipinski definition) is 3. The number of aliphatic hydroxyl groups excluding tert-OH is 1. The predicted octanol–water partition coefficient (Wildman–Crippen LogP) is 2.19. The highest BCUT2D eigenvalue weighted by Crippen LogP contribution is 2.28. The van der Waals surface area contributed by atoms with Crippen molar-refractivity contribution in [1.29, 1.82) is 0 Å². The molecule has 0 amide bonds. The van der Waals surface area contributed by atoms with E-state index in [0.717, 1.165) is 24.6 Å². The molecule has 0 unspecified atom stereocenters. The van der Waals surface area contributed by atoms with Crippen LogP contribution in [0.2, 0.25) is 0 Å². The number of benzene rings is 1. The summed E-state index contributed by atoms with van der Waals surface area (Å²) in [5.41, 5.74) is 1.21. The van der Waals surface area contributed by atoms with Crippen LogP contribution in [0.4, 0.5) is 5.13 Å². The smallest absolute Gasteiger partial charge is 0.183 e. The average Bonchev–Trinajstić information content (AvgIpc) is 2.92. The number of thiazole rings is 1. The Labute approximate surface area is 117 Å². The summed E-state index contributed by atoms with van der Waals surface area (Å²) in [5, 5.41) is 16.0. The quantitative estimate of drug-likeness (QED) is 0.647. The van der Waals surface area contributed by atoms with E-state index in [-0.39, 0.29) is 6.61 Å². The van der Waals surface area contributed by atoms with Crippen LogP contribution in [0.1, 0.15) is 6.42 Å². The summed E-state index contributed by atoms with van der Waals surface area (Å²) >= 11 is 1.67. The van der Waals surface area contributed by atoms with Crippen LogP contribution in [0.15, 0.2) is 36.5 Å². The van der Waals surface area contributed by atoms with Crippen molar-refractivity contribution >= 4 is 16.5 Å². The Morgan fingerprint density at radius 2 is 1.95 bits per heavy atom. The van der Waals surface area contributed by atoms with Crippen molar-refractivity contribution in [1.82, 2.24) is 10.3 Å². The van der Waals surface area contributed by atoms with Gasteiger partial charge in [0.25, 0.3) is 0 Å². The standard InChI is InChI=1S/C14H19N3OS/c18-10-9-15-7-4-8-16-14-17-11-13(19-14)12-5-2-1-3-6-12/h1-3,5-6,11,15,18H,4,7-10H2,(H,16,17). The molecular weight excluding hydrogens is 258 g/mol. The van der Waals surface area contributed by atoms with Crippen LogP contribution in [0.5, 0.6) is 0 Å². The fraction of sp³-hybridized carbons (Fsp3) is 0.357. The Kier molecular flexibility index (Phi) is 5.81. The molecule has 0 bridgehead atoms. The van der Waals surface area contributed by atoms with E-state index in [9.17, 15) is 0 Å². The predicted molar refractivity (Wildman–Crippen MR) is 80.6 cm³/mol. The Bertz CT molecular complexity index is 473. The van der Waals surface area contributed by atoms with Gasteiger partial charge in [0.05, 0.1) is 11.5 Å². The zero-order valence-electron chi connectivity index (χ0n) is 10.8. The lowest BCUT2D eigenvalue weighted by Gasteiger charge is -2.03. The molecule has 1 heterocycles. The van der Waals surface area contributed by atoms with E-state index in [1.54, 1.807) is 11.3 Å². The Balaban J connectivity index is 1.75. The van der Waals surface area contributed by atoms with Crippen LogP contribution < -0.4 is 10.6 Å². The van der Waals surface area contributed by atoms with Gasteiger partial charge < -0.3 is 15.7 Å². The maximum atomic E-state index is 8.63. The fourth-order valence-electron chi connectivity index (χ4n) is 1.70. The number of aliphatic hydroxyl groups is 1. The maximum absolute atomic E-state index is 8.63. The molecule has 19 heavy (non-hydrogen) atoms. The van der Waals surface area contributed by atoms with Crippen molar-refractivity contribution in [3.63, 3.8) is 0 Å². The van der Waals surface area contributed by atoms with Crippen LogP contribution in [0.25, 0.3) is 10.4 Å². The van der Waals surface area contributed by atoms with Gasteiger partial charge in [-0.05, 0) is 18.5 Å². The third-order valence-electron chi connectivity index (χ3n) is 2.66. The molecule has 0 spiro atoms. The lowest BCUT2D eigenvalue weighted by molar-refractivity contribution is 0.292. The third-order valence-corrected chi connectivity index (χ3v) is 3.66. The zero-order chi connectivity index (χ0) is 13.3. The highest BCUT2D eigenvalue weighted by atomic mass is 32.1. The summed E-state index contributed by atoms with van der Waals surface area (Å²) < 4.78 is 0. The highest BCUT2D eigenvalue weighted by Gasteiger charge is 2.02. The molecule has 0 fully saturated rings. The molecule has 1 aromatic carbocycles. The van der Waals surface area contributed by atoms with Crippen LogP contribution >= 0.6 is 11.3 Å². The van der Waals surface area contributed by atoms with E-state index in [2.05, 4.69) is 27.8 Å². The number of nitrogens with zero attached hydrogens (tertiary/aromatic N) is 1. The minimum atomic E-state index is 0.195. The van der Waals surface area contributed by atoms with Crippen LogP contribution in [-0.4, -0.2) is 36.3 Å². The van der Waals surface area contributed by atoms with E-state index >= 15 is 0 Å². The molecule has 102 valence electrons. The second-order valence-electron chi connectivity index (χ2n) is 4.15. The van der Waals surface area contributed by atoms with Crippen LogP contribution in [0.3, 0.4) is 0 Å². The van der Waals surface area contributed by atoms with Crippen LogP contribution in [-0.2, 0) is 0 Å². The highest BCUT2D eigenvalue weighted by molar-refractivity contribution is 7.18. The summed E-state index contributed by atoms with van der Waals surface area (Å²) in [6, 6.07) is 10.3. The van der Waals surface area contributed by atoms with Gasteiger partial charge in [-0.25, -0.2) is 4.98 Å². The van der Waals surface area contributed by atoms with Crippen molar-refractivity contribution < 1.29 is 5.11 Å². The summed E-state index contributed by atoms with van der Waals surface area (Å²) in [5.74, 6) is 0. The number of nitrogens with one attached hydrogen (secondary N) is 2. The number of rotatable bonds is 8. The van der Waals surface area contributed by atoms with Gasteiger partial charge in [-0.1, -0.05) is 41.7 Å². The largest absolute Gasteiger partial charge is 0.395 e. The van der Waals surface area contributed by atoms with Crippen molar-refractivity contribution in [3.05, 3.63) is 36.5 Å². The molecule has 4 nitrogen and oxygen atoms in total. The van der Waals surface area contributed by atoms with E-state index in [1.807, 2.05) is 24.4 Å². The van der Waals surface area contributed by atoms with Crippen molar-refractivity contribution in [2.24, 2.45) is 0 Å².